The highest BCUT2D eigenvalue weighted by molar-refractivity contribution is 5.77. The van der Waals surface area contributed by atoms with Crippen molar-refractivity contribution in [3.63, 3.8) is 0 Å². The van der Waals surface area contributed by atoms with E-state index in [0.717, 1.165) is 22.4 Å². The lowest BCUT2D eigenvalue weighted by atomic mass is 9.92. The lowest BCUT2D eigenvalue weighted by Gasteiger charge is -2.27. The third kappa shape index (κ3) is 2.82. The molecule has 0 spiro atoms. The molecule has 1 heterocycles. The van der Waals surface area contributed by atoms with Crippen LogP contribution in [0.1, 0.15) is 22.8 Å². The van der Waals surface area contributed by atoms with Gasteiger partial charge in [0.25, 0.3) is 0 Å². The molecule has 3 rings (SSSR count). The van der Waals surface area contributed by atoms with Gasteiger partial charge in [-0.25, -0.2) is 0 Å². The number of hydrogen-bond acceptors (Lipinski definition) is 5. The molecule has 0 saturated heterocycles. The summed E-state index contributed by atoms with van der Waals surface area (Å²) in [6.07, 6.45) is -0.237. The minimum Gasteiger partial charge on any atom is -0.497 e. The number of carbonyl (C=O) groups excluding carboxylic acids is 1. The first-order chi connectivity index (χ1) is 11.2. The molecular formula is C18H18O5. The van der Waals surface area contributed by atoms with E-state index in [9.17, 15) is 4.79 Å². The van der Waals surface area contributed by atoms with Crippen LogP contribution in [0.4, 0.5) is 0 Å². The van der Waals surface area contributed by atoms with Crippen molar-refractivity contribution in [2.24, 2.45) is 0 Å². The smallest absolute Gasteiger partial charge is 0.311 e. The monoisotopic (exact) mass is 314 g/mol. The maximum atomic E-state index is 12.0. The Morgan fingerprint density at radius 3 is 2.22 bits per heavy atom. The van der Waals surface area contributed by atoms with Crippen LogP contribution in [0.15, 0.2) is 36.4 Å². The van der Waals surface area contributed by atoms with Crippen LogP contribution in [0.3, 0.4) is 0 Å². The van der Waals surface area contributed by atoms with Gasteiger partial charge < -0.3 is 18.9 Å². The molecule has 0 radical (unpaired) electrons. The molecule has 1 aliphatic heterocycles. The number of fused-ring (bicyclic) bond motifs is 1. The van der Waals surface area contributed by atoms with Crippen LogP contribution in [0.25, 0.3) is 0 Å². The van der Waals surface area contributed by atoms with E-state index in [1.165, 1.54) is 0 Å². The Morgan fingerprint density at radius 1 is 0.957 bits per heavy atom. The molecule has 1 aliphatic rings. The first-order valence-electron chi connectivity index (χ1n) is 7.24. The maximum Gasteiger partial charge on any atom is 0.311 e. The van der Waals surface area contributed by atoms with Crippen LogP contribution in [0, 0.1) is 0 Å². The molecule has 0 aliphatic carbocycles. The summed E-state index contributed by atoms with van der Waals surface area (Å²) in [4.78, 5) is 12.0. The van der Waals surface area contributed by atoms with E-state index in [1.54, 1.807) is 21.3 Å². The van der Waals surface area contributed by atoms with E-state index in [-0.39, 0.29) is 12.4 Å². The zero-order valence-electron chi connectivity index (χ0n) is 13.3. The predicted octanol–water partition coefficient (Wildman–Crippen LogP) is 2.90. The lowest BCUT2D eigenvalue weighted by molar-refractivity contribution is -0.148. The molecule has 0 saturated carbocycles. The van der Waals surface area contributed by atoms with E-state index in [0.29, 0.717) is 11.5 Å². The minimum absolute atomic E-state index is 0.225. The van der Waals surface area contributed by atoms with E-state index < -0.39 is 6.10 Å². The minimum atomic E-state index is -0.461. The van der Waals surface area contributed by atoms with Gasteiger partial charge in [-0.15, -0.1) is 0 Å². The maximum absolute atomic E-state index is 12.0. The number of methoxy groups -OCH3 is 3. The Bertz CT molecular complexity index is 721. The van der Waals surface area contributed by atoms with Crippen molar-refractivity contribution in [3.8, 4) is 17.2 Å². The number of benzene rings is 2. The van der Waals surface area contributed by atoms with Crippen molar-refractivity contribution in [2.45, 2.75) is 12.5 Å². The molecule has 0 unspecified atom stereocenters. The number of carbonyl (C=O) groups is 1. The average molecular weight is 314 g/mol. The van der Waals surface area contributed by atoms with Crippen LogP contribution >= 0.6 is 0 Å². The Labute approximate surface area is 134 Å². The fraction of sp³-hybridized carbons (Fsp3) is 0.278. The second-order valence-corrected chi connectivity index (χ2v) is 5.23. The second kappa shape index (κ2) is 6.20. The van der Waals surface area contributed by atoms with E-state index >= 15 is 0 Å². The van der Waals surface area contributed by atoms with E-state index in [1.807, 2.05) is 36.4 Å². The van der Waals surface area contributed by atoms with Crippen molar-refractivity contribution in [1.82, 2.24) is 0 Å². The fourth-order valence-corrected chi connectivity index (χ4v) is 2.75. The van der Waals surface area contributed by atoms with Crippen LogP contribution in [-0.4, -0.2) is 27.3 Å². The summed E-state index contributed by atoms with van der Waals surface area (Å²) in [6, 6.07) is 11.2. The third-order valence-electron chi connectivity index (χ3n) is 3.93. The molecule has 2 aromatic rings. The largest absolute Gasteiger partial charge is 0.497 e. The number of rotatable bonds is 4. The normalized spacial score (nSPS) is 16.3. The Balaban J connectivity index is 2.07. The highest BCUT2D eigenvalue weighted by Gasteiger charge is 2.29. The summed E-state index contributed by atoms with van der Waals surface area (Å²) in [7, 11) is 4.77. The van der Waals surface area contributed by atoms with Gasteiger partial charge in [0, 0.05) is 5.56 Å². The first-order valence-corrected chi connectivity index (χ1v) is 7.24. The van der Waals surface area contributed by atoms with Gasteiger partial charge in [-0.2, -0.15) is 0 Å². The lowest BCUT2D eigenvalue weighted by Crippen LogP contribution is -2.22. The van der Waals surface area contributed by atoms with Crippen LogP contribution in [0.5, 0.6) is 17.2 Å². The Hall–Kier alpha value is -2.69. The fourth-order valence-electron chi connectivity index (χ4n) is 2.75. The number of hydrogen-bond donors (Lipinski definition) is 0. The molecule has 0 bridgehead atoms. The summed E-state index contributed by atoms with van der Waals surface area (Å²) >= 11 is 0. The van der Waals surface area contributed by atoms with Gasteiger partial charge in [0.15, 0.2) is 17.6 Å². The van der Waals surface area contributed by atoms with Gasteiger partial charge in [0.05, 0.1) is 27.8 Å². The van der Waals surface area contributed by atoms with Crippen molar-refractivity contribution >= 4 is 5.97 Å². The average Bonchev–Trinajstić information content (AvgIpc) is 2.59. The number of ether oxygens (including phenoxy) is 4. The van der Waals surface area contributed by atoms with Crippen molar-refractivity contribution in [3.05, 3.63) is 53.1 Å². The van der Waals surface area contributed by atoms with Gasteiger partial charge in [-0.05, 0) is 35.4 Å². The molecule has 0 aromatic heterocycles. The molecule has 5 nitrogen and oxygen atoms in total. The Kier molecular flexibility index (Phi) is 4.10. The molecular weight excluding hydrogens is 296 g/mol. The van der Waals surface area contributed by atoms with Gasteiger partial charge in [0.1, 0.15) is 5.75 Å². The van der Waals surface area contributed by atoms with E-state index in [4.69, 9.17) is 18.9 Å². The van der Waals surface area contributed by atoms with Crippen molar-refractivity contribution in [2.75, 3.05) is 21.3 Å². The summed E-state index contributed by atoms with van der Waals surface area (Å²) < 4.78 is 21.4. The zero-order chi connectivity index (χ0) is 16.4. The second-order valence-electron chi connectivity index (χ2n) is 5.23. The van der Waals surface area contributed by atoms with Crippen molar-refractivity contribution in [1.29, 1.82) is 0 Å². The van der Waals surface area contributed by atoms with Gasteiger partial charge in [-0.3, -0.25) is 4.79 Å². The topological polar surface area (TPSA) is 54.0 Å². The quantitative estimate of drug-likeness (QED) is 0.812. The van der Waals surface area contributed by atoms with E-state index in [2.05, 4.69) is 0 Å². The summed E-state index contributed by atoms with van der Waals surface area (Å²) in [5.41, 5.74) is 2.68. The van der Waals surface area contributed by atoms with Crippen LogP contribution < -0.4 is 14.2 Å². The molecule has 5 heteroatoms. The van der Waals surface area contributed by atoms with Crippen molar-refractivity contribution < 1.29 is 23.7 Å². The zero-order valence-corrected chi connectivity index (χ0v) is 13.3. The first kappa shape index (κ1) is 15.2. The Morgan fingerprint density at radius 2 is 1.61 bits per heavy atom. The highest BCUT2D eigenvalue weighted by atomic mass is 16.5. The van der Waals surface area contributed by atoms with Gasteiger partial charge in [-0.1, -0.05) is 12.1 Å². The van der Waals surface area contributed by atoms with Crippen LogP contribution in [-0.2, 0) is 16.0 Å². The molecule has 1 atom stereocenters. The number of esters is 1. The molecule has 23 heavy (non-hydrogen) atoms. The molecule has 0 amide bonds. The summed E-state index contributed by atoms with van der Waals surface area (Å²) in [5, 5.41) is 0. The molecule has 0 fully saturated rings. The predicted molar refractivity (Wildman–Crippen MR) is 84.2 cm³/mol. The standard InChI is InChI=1S/C18H18O5/c1-20-13-6-4-11(5-7-13)18-14-10-16(22-3)15(21-2)8-12(14)9-17(19)23-18/h4-8,10,18H,9H2,1-3H3/t18-/m1/s1. The molecule has 2 aromatic carbocycles. The third-order valence-corrected chi connectivity index (χ3v) is 3.93. The number of cyclic esters (lactones) is 1. The summed E-state index contributed by atoms with van der Waals surface area (Å²) in [5.74, 6) is 1.71. The van der Waals surface area contributed by atoms with Crippen LogP contribution in [0.2, 0.25) is 0 Å². The highest BCUT2D eigenvalue weighted by Crippen LogP contribution is 2.40. The van der Waals surface area contributed by atoms with Gasteiger partial charge in [0.2, 0.25) is 0 Å². The summed E-state index contributed by atoms with van der Waals surface area (Å²) in [6.45, 7) is 0. The molecule has 120 valence electrons. The molecule has 0 N–H and O–H groups in total. The SMILES string of the molecule is COc1ccc([C@H]2OC(=O)Cc3cc(OC)c(OC)cc32)cc1. The van der Waals surface area contributed by atoms with Gasteiger partial charge >= 0.3 is 5.97 Å².